The Kier molecular flexibility index (Phi) is 4.14. The van der Waals surface area contributed by atoms with Crippen LogP contribution in [0.4, 0.5) is 0 Å². The maximum Gasteiger partial charge on any atom is 0.313 e. The van der Waals surface area contributed by atoms with Crippen LogP contribution in [0.2, 0.25) is 0 Å². The molecule has 0 saturated heterocycles. The molecule has 1 rings (SSSR count). The lowest BCUT2D eigenvalue weighted by molar-refractivity contribution is -0.145. The van der Waals surface area contributed by atoms with Gasteiger partial charge in [0.25, 0.3) is 0 Å². The van der Waals surface area contributed by atoms with Gasteiger partial charge < -0.3 is 5.11 Å². The van der Waals surface area contributed by atoms with Gasteiger partial charge in [0.1, 0.15) is 0 Å². The van der Waals surface area contributed by atoms with Crippen molar-refractivity contribution in [2.24, 2.45) is 5.41 Å². The van der Waals surface area contributed by atoms with E-state index in [1.807, 2.05) is 18.5 Å². The maximum atomic E-state index is 11.3. The number of aromatic nitrogens is 2. The minimum absolute atomic E-state index is 0.376. The van der Waals surface area contributed by atoms with Crippen LogP contribution in [0.25, 0.3) is 0 Å². The molecule has 0 aromatic carbocycles. The number of hydrogen-bond donors (Lipinski definition) is 1. The van der Waals surface area contributed by atoms with Crippen molar-refractivity contribution in [1.29, 1.82) is 0 Å². The largest absolute Gasteiger partial charge is 0.481 e. The summed E-state index contributed by atoms with van der Waals surface area (Å²) in [6.45, 7) is 9.87. The third-order valence-corrected chi connectivity index (χ3v) is 3.96. The third kappa shape index (κ3) is 2.60. The Morgan fingerprint density at radius 3 is 2.71 bits per heavy atom. The van der Waals surface area contributed by atoms with Crippen LogP contribution in [0.1, 0.15) is 25.2 Å². The first-order valence-corrected chi connectivity index (χ1v) is 6.23. The molecule has 1 atom stereocenters. The predicted molar refractivity (Wildman–Crippen MR) is 70.0 cm³/mol. The fourth-order valence-electron chi connectivity index (χ4n) is 1.62. The summed E-state index contributed by atoms with van der Waals surface area (Å²) in [6, 6.07) is 0. The van der Waals surface area contributed by atoms with Crippen molar-refractivity contribution in [3.8, 4) is 0 Å². The van der Waals surface area contributed by atoms with Gasteiger partial charge in [-0.15, -0.1) is 6.58 Å². The van der Waals surface area contributed by atoms with E-state index in [0.29, 0.717) is 13.0 Å². The Morgan fingerprint density at radius 2 is 2.29 bits per heavy atom. The number of aryl methyl sites for hydroxylation is 2. The molecule has 1 aromatic heterocycles. The third-order valence-electron chi connectivity index (χ3n) is 2.93. The lowest BCUT2D eigenvalue weighted by Gasteiger charge is -2.20. The zero-order valence-electron chi connectivity index (χ0n) is 10.3. The smallest absolute Gasteiger partial charge is 0.313 e. The zero-order chi connectivity index (χ0) is 13.2. The normalized spacial score (nSPS) is 14.4. The minimum atomic E-state index is -0.970. The van der Waals surface area contributed by atoms with E-state index in [9.17, 15) is 9.90 Å². The molecular formula is C12H17BrN2O2. The summed E-state index contributed by atoms with van der Waals surface area (Å²) in [4.78, 5) is 11.3. The highest BCUT2D eigenvalue weighted by atomic mass is 79.9. The van der Waals surface area contributed by atoms with Crippen LogP contribution in [-0.4, -0.2) is 20.9 Å². The number of carboxylic acid groups (broad SMARTS) is 1. The molecule has 0 fully saturated rings. The number of halogens is 1. The summed E-state index contributed by atoms with van der Waals surface area (Å²) in [5.41, 5.74) is 0.801. The summed E-state index contributed by atoms with van der Waals surface area (Å²) in [5.74, 6) is -0.874. The Labute approximate surface area is 109 Å². The molecule has 0 bridgehead atoms. The van der Waals surface area contributed by atoms with E-state index in [-0.39, 0.29) is 0 Å². The molecule has 0 spiro atoms. The standard InChI is InChI=1S/C12H17BrN2O2/c1-5-12(4,11(16)17)7-9-10(13)8(3)14-15(9)6-2/h5H,1,6-7H2,2-4H3,(H,16,17). The Hall–Kier alpha value is -1.10. The molecule has 4 nitrogen and oxygen atoms in total. The van der Waals surface area contributed by atoms with E-state index in [1.165, 1.54) is 6.08 Å². The quantitative estimate of drug-likeness (QED) is 0.851. The first-order chi connectivity index (χ1) is 7.85. The van der Waals surface area contributed by atoms with Gasteiger partial charge in [-0.1, -0.05) is 6.08 Å². The lowest BCUT2D eigenvalue weighted by Crippen LogP contribution is -2.28. The van der Waals surface area contributed by atoms with E-state index < -0.39 is 11.4 Å². The van der Waals surface area contributed by atoms with Crippen molar-refractivity contribution in [1.82, 2.24) is 9.78 Å². The van der Waals surface area contributed by atoms with Crippen molar-refractivity contribution in [3.63, 3.8) is 0 Å². The molecule has 94 valence electrons. The summed E-state index contributed by atoms with van der Waals surface area (Å²) >= 11 is 3.46. The fraction of sp³-hybridized carbons (Fsp3) is 0.500. The second-order valence-corrected chi connectivity index (χ2v) is 5.06. The monoisotopic (exact) mass is 300 g/mol. The highest BCUT2D eigenvalue weighted by Crippen LogP contribution is 2.30. The average molecular weight is 301 g/mol. The van der Waals surface area contributed by atoms with Gasteiger partial charge in [-0.25, -0.2) is 0 Å². The van der Waals surface area contributed by atoms with Gasteiger partial charge in [0.15, 0.2) is 0 Å². The molecule has 0 aliphatic carbocycles. The Bertz CT molecular complexity index is 454. The second kappa shape index (κ2) is 5.04. The number of aliphatic carboxylic acids is 1. The summed E-state index contributed by atoms with van der Waals surface area (Å²) in [5, 5.41) is 13.6. The molecule has 0 radical (unpaired) electrons. The topological polar surface area (TPSA) is 55.1 Å². The van der Waals surface area contributed by atoms with Crippen LogP contribution in [0.15, 0.2) is 17.1 Å². The van der Waals surface area contributed by atoms with Crippen molar-refractivity contribution in [3.05, 3.63) is 28.5 Å². The SMILES string of the molecule is C=CC(C)(Cc1c(Br)c(C)nn1CC)C(=O)O. The summed E-state index contributed by atoms with van der Waals surface area (Å²) in [7, 11) is 0. The van der Waals surface area contributed by atoms with Crippen molar-refractivity contribution < 1.29 is 9.90 Å². The first kappa shape index (κ1) is 14.0. The van der Waals surface area contributed by atoms with Crippen LogP contribution in [-0.2, 0) is 17.8 Å². The number of hydrogen-bond acceptors (Lipinski definition) is 2. The van der Waals surface area contributed by atoms with E-state index in [1.54, 1.807) is 6.92 Å². The second-order valence-electron chi connectivity index (χ2n) is 4.27. The predicted octanol–water partition coefficient (Wildman–Crippen LogP) is 2.79. The number of carbonyl (C=O) groups is 1. The van der Waals surface area contributed by atoms with E-state index in [4.69, 9.17) is 0 Å². The molecule has 17 heavy (non-hydrogen) atoms. The molecule has 1 N–H and O–H groups in total. The van der Waals surface area contributed by atoms with Crippen LogP contribution >= 0.6 is 15.9 Å². The van der Waals surface area contributed by atoms with Crippen molar-refractivity contribution in [2.45, 2.75) is 33.7 Å². The molecule has 1 aromatic rings. The van der Waals surface area contributed by atoms with Gasteiger partial charge >= 0.3 is 5.97 Å². The van der Waals surface area contributed by atoms with Crippen molar-refractivity contribution in [2.75, 3.05) is 0 Å². The molecule has 0 amide bonds. The van der Waals surface area contributed by atoms with Crippen LogP contribution in [0, 0.1) is 12.3 Å². The van der Waals surface area contributed by atoms with Gasteiger partial charge in [-0.2, -0.15) is 5.10 Å². The van der Waals surface area contributed by atoms with E-state index in [2.05, 4.69) is 27.6 Å². The molecule has 1 unspecified atom stereocenters. The average Bonchev–Trinajstić information content (AvgIpc) is 2.56. The molecule has 5 heteroatoms. The molecule has 0 saturated carbocycles. The van der Waals surface area contributed by atoms with Gasteiger partial charge in [0, 0.05) is 13.0 Å². The van der Waals surface area contributed by atoms with Gasteiger partial charge in [-0.05, 0) is 36.7 Å². The highest BCUT2D eigenvalue weighted by Gasteiger charge is 2.32. The lowest BCUT2D eigenvalue weighted by atomic mass is 9.85. The summed E-state index contributed by atoms with van der Waals surface area (Å²) in [6.07, 6.45) is 1.85. The van der Waals surface area contributed by atoms with E-state index >= 15 is 0 Å². The van der Waals surface area contributed by atoms with Crippen LogP contribution in [0.5, 0.6) is 0 Å². The van der Waals surface area contributed by atoms with E-state index in [0.717, 1.165) is 15.9 Å². The molecule has 0 aliphatic rings. The highest BCUT2D eigenvalue weighted by molar-refractivity contribution is 9.10. The first-order valence-electron chi connectivity index (χ1n) is 5.44. The van der Waals surface area contributed by atoms with Crippen LogP contribution < -0.4 is 0 Å². The minimum Gasteiger partial charge on any atom is -0.481 e. The molecule has 1 heterocycles. The van der Waals surface area contributed by atoms with Gasteiger partial charge in [-0.3, -0.25) is 9.48 Å². The van der Waals surface area contributed by atoms with Crippen LogP contribution in [0.3, 0.4) is 0 Å². The summed E-state index contributed by atoms with van der Waals surface area (Å²) < 4.78 is 2.71. The van der Waals surface area contributed by atoms with Gasteiger partial charge in [0.05, 0.1) is 21.3 Å². The zero-order valence-corrected chi connectivity index (χ0v) is 11.9. The number of rotatable bonds is 5. The maximum absolute atomic E-state index is 11.3. The van der Waals surface area contributed by atoms with Gasteiger partial charge in [0.2, 0.25) is 0 Å². The molecular weight excluding hydrogens is 284 g/mol. The number of carboxylic acids is 1. The molecule has 0 aliphatic heterocycles. The Balaban J connectivity index is 3.18. The Morgan fingerprint density at radius 1 is 1.71 bits per heavy atom. The fourth-order valence-corrected chi connectivity index (χ4v) is 2.04. The number of nitrogens with zero attached hydrogens (tertiary/aromatic N) is 2. The van der Waals surface area contributed by atoms with Crippen molar-refractivity contribution >= 4 is 21.9 Å².